The molecule has 0 radical (unpaired) electrons. The second-order valence-electron chi connectivity index (χ2n) is 6.18. The fraction of sp³-hybridized carbons (Fsp3) is 0.611. The molecule has 1 aromatic carbocycles. The van der Waals surface area contributed by atoms with E-state index in [4.69, 9.17) is 5.73 Å². The molecule has 3 N–H and O–H groups in total. The molecular weight excluding hydrogens is 274 g/mol. The maximum absolute atomic E-state index is 12.1. The van der Waals surface area contributed by atoms with Gasteiger partial charge in [-0.15, -0.1) is 0 Å². The lowest BCUT2D eigenvalue weighted by Gasteiger charge is -2.21. The first-order valence-corrected chi connectivity index (χ1v) is 8.30. The fourth-order valence-electron chi connectivity index (χ4n) is 2.50. The van der Waals surface area contributed by atoms with Crippen molar-refractivity contribution in [1.29, 1.82) is 0 Å². The summed E-state index contributed by atoms with van der Waals surface area (Å²) in [5.41, 5.74) is 8.36. The van der Waals surface area contributed by atoms with Crippen LogP contribution < -0.4 is 11.1 Å². The molecule has 0 bridgehead atoms. The summed E-state index contributed by atoms with van der Waals surface area (Å²) in [5.74, 6) is 0.363. The van der Waals surface area contributed by atoms with Crippen LogP contribution in [0.15, 0.2) is 24.3 Å². The second-order valence-corrected chi connectivity index (χ2v) is 6.18. The molecule has 0 fully saturated rings. The monoisotopic (exact) mass is 305 g/mol. The van der Waals surface area contributed by atoms with Gasteiger partial charge in [-0.05, 0) is 36.6 Å². The SMILES string of the molecule is CCN(CC)Cc1ccccc1CNC(=O)[C@@H](N)CC(C)C. The first-order chi connectivity index (χ1) is 10.5. The quantitative estimate of drug-likeness (QED) is 0.737. The summed E-state index contributed by atoms with van der Waals surface area (Å²) in [6.45, 7) is 12.0. The standard InChI is InChI=1S/C18H31N3O/c1-5-21(6-2)13-16-10-8-7-9-15(16)12-20-18(22)17(19)11-14(3)4/h7-10,14,17H,5-6,11-13,19H2,1-4H3,(H,20,22)/t17-/m0/s1. The molecule has 0 saturated heterocycles. The molecule has 4 heteroatoms. The average Bonchev–Trinajstić information content (AvgIpc) is 2.50. The summed E-state index contributed by atoms with van der Waals surface area (Å²) >= 11 is 0. The number of nitrogens with two attached hydrogens (primary N) is 1. The Bertz CT molecular complexity index is 455. The highest BCUT2D eigenvalue weighted by molar-refractivity contribution is 5.81. The maximum atomic E-state index is 12.1. The lowest BCUT2D eigenvalue weighted by atomic mass is 10.0. The first kappa shape index (κ1) is 18.7. The van der Waals surface area contributed by atoms with Crippen LogP contribution in [0.2, 0.25) is 0 Å². The highest BCUT2D eigenvalue weighted by atomic mass is 16.2. The van der Waals surface area contributed by atoms with E-state index in [9.17, 15) is 4.79 Å². The van der Waals surface area contributed by atoms with E-state index in [2.05, 4.69) is 56.1 Å². The molecule has 0 spiro atoms. The Morgan fingerprint density at radius 2 is 1.77 bits per heavy atom. The summed E-state index contributed by atoms with van der Waals surface area (Å²) in [7, 11) is 0. The third-order valence-electron chi connectivity index (χ3n) is 3.92. The molecule has 0 heterocycles. The van der Waals surface area contributed by atoms with E-state index in [0.717, 1.165) is 19.6 Å². The molecule has 1 aromatic rings. The van der Waals surface area contributed by atoms with Crippen molar-refractivity contribution < 1.29 is 4.79 Å². The predicted octanol–water partition coefficient (Wildman–Crippen LogP) is 2.52. The van der Waals surface area contributed by atoms with E-state index >= 15 is 0 Å². The number of hydrogen-bond acceptors (Lipinski definition) is 3. The number of amides is 1. The van der Waals surface area contributed by atoms with Crippen molar-refractivity contribution >= 4 is 5.91 Å². The molecule has 1 rings (SSSR count). The molecule has 0 aliphatic carbocycles. The van der Waals surface area contributed by atoms with Gasteiger partial charge < -0.3 is 11.1 Å². The van der Waals surface area contributed by atoms with Crippen LogP contribution >= 0.6 is 0 Å². The Kier molecular flexibility index (Phi) is 8.13. The Morgan fingerprint density at radius 3 is 2.32 bits per heavy atom. The Hall–Kier alpha value is -1.39. The molecule has 0 aliphatic heterocycles. The van der Waals surface area contributed by atoms with Crippen LogP contribution in [0.4, 0.5) is 0 Å². The number of hydrogen-bond donors (Lipinski definition) is 2. The smallest absolute Gasteiger partial charge is 0.237 e. The molecule has 0 aliphatic rings. The summed E-state index contributed by atoms with van der Waals surface area (Å²) in [4.78, 5) is 14.4. The lowest BCUT2D eigenvalue weighted by Crippen LogP contribution is -2.41. The lowest BCUT2D eigenvalue weighted by molar-refractivity contribution is -0.122. The van der Waals surface area contributed by atoms with Gasteiger partial charge in [-0.1, -0.05) is 52.0 Å². The average molecular weight is 305 g/mol. The number of carbonyl (C=O) groups is 1. The van der Waals surface area contributed by atoms with Crippen molar-refractivity contribution in [1.82, 2.24) is 10.2 Å². The van der Waals surface area contributed by atoms with Crippen LogP contribution in [0.1, 0.15) is 45.2 Å². The van der Waals surface area contributed by atoms with Crippen LogP contribution in [0, 0.1) is 5.92 Å². The van der Waals surface area contributed by atoms with Gasteiger partial charge in [0.25, 0.3) is 0 Å². The van der Waals surface area contributed by atoms with Gasteiger partial charge in [0.2, 0.25) is 5.91 Å². The van der Waals surface area contributed by atoms with E-state index in [1.807, 2.05) is 6.07 Å². The molecule has 0 saturated carbocycles. The molecule has 0 unspecified atom stereocenters. The maximum Gasteiger partial charge on any atom is 0.237 e. The summed E-state index contributed by atoms with van der Waals surface area (Å²) in [5, 5.41) is 2.97. The van der Waals surface area contributed by atoms with Crippen LogP contribution in [-0.4, -0.2) is 29.9 Å². The van der Waals surface area contributed by atoms with Crippen molar-refractivity contribution in [2.75, 3.05) is 13.1 Å². The van der Waals surface area contributed by atoms with E-state index in [1.165, 1.54) is 11.1 Å². The fourth-order valence-corrected chi connectivity index (χ4v) is 2.50. The first-order valence-electron chi connectivity index (χ1n) is 8.30. The van der Waals surface area contributed by atoms with Crippen molar-refractivity contribution in [3.05, 3.63) is 35.4 Å². The third kappa shape index (κ3) is 6.16. The summed E-state index contributed by atoms with van der Waals surface area (Å²) in [6.07, 6.45) is 0.715. The minimum absolute atomic E-state index is 0.0636. The van der Waals surface area contributed by atoms with Gasteiger partial charge in [0, 0.05) is 13.1 Å². The van der Waals surface area contributed by atoms with Gasteiger partial charge in [-0.3, -0.25) is 9.69 Å². The predicted molar refractivity (Wildman–Crippen MR) is 92.3 cm³/mol. The zero-order valence-corrected chi connectivity index (χ0v) is 14.4. The third-order valence-corrected chi connectivity index (χ3v) is 3.92. The van der Waals surface area contributed by atoms with Gasteiger partial charge in [-0.2, -0.15) is 0 Å². The van der Waals surface area contributed by atoms with Crippen LogP contribution in [-0.2, 0) is 17.9 Å². The van der Waals surface area contributed by atoms with Gasteiger partial charge >= 0.3 is 0 Å². The number of carbonyl (C=O) groups excluding carboxylic acids is 1. The van der Waals surface area contributed by atoms with Crippen LogP contribution in [0.5, 0.6) is 0 Å². The van der Waals surface area contributed by atoms with Gasteiger partial charge in [0.05, 0.1) is 6.04 Å². The second kappa shape index (κ2) is 9.59. The van der Waals surface area contributed by atoms with Crippen LogP contribution in [0.25, 0.3) is 0 Å². The van der Waals surface area contributed by atoms with Gasteiger partial charge in [0.15, 0.2) is 0 Å². The number of benzene rings is 1. The van der Waals surface area contributed by atoms with Gasteiger partial charge in [0.1, 0.15) is 0 Å². The topological polar surface area (TPSA) is 58.4 Å². The molecule has 4 nitrogen and oxygen atoms in total. The van der Waals surface area contributed by atoms with Gasteiger partial charge in [-0.25, -0.2) is 0 Å². The number of rotatable bonds is 9. The van der Waals surface area contributed by atoms with Crippen molar-refractivity contribution in [3.8, 4) is 0 Å². The highest BCUT2D eigenvalue weighted by Gasteiger charge is 2.15. The van der Waals surface area contributed by atoms with Crippen molar-refractivity contribution in [2.24, 2.45) is 11.7 Å². The molecule has 22 heavy (non-hydrogen) atoms. The van der Waals surface area contributed by atoms with E-state index in [-0.39, 0.29) is 5.91 Å². The Balaban J connectivity index is 2.64. The zero-order chi connectivity index (χ0) is 16.5. The largest absolute Gasteiger partial charge is 0.351 e. The minimum atomic E-state index is -0.421. The summed E-state index contributed by atoms with van der Waals surface area (Å²) < 4.78 is 0. The van der Waals surface area contributed by atoms with Crippen molar-refractivity contribution in [3.63, 3.8) is 0 Å². The number of nitrogens with one attached hydrogen (secondary N) is 1. The summed E-state index contributed by atoms with van der Waals surface area (Å²) in [6, 6.07) is 7.85. The molecule has 0 aromatic heterocycles. The van der Waals surface area contributed by atoms with Crippen molar-refractivity contribution in [2.45, 2.75) is 53.2 Å². The normalized spacial score (nSPS) is 12.7. The van der Waals surface area contributed by atoms with E-state index in [0.29, 0.717) is 18.9 Å². The highest BCUT2D eigenvalue weighted by Crippen LogP contribution is 2.12. The van der Waals surface area contributed by atoms with E-state index < -0.39 is 6.04 Å². The Labute approximate surface area is 135 Å². The van der Waals surface area contributed by atoms with E-state index in [1.54, 1.807) is 0 Å². The molecule has 1 atom stereocenters. The molecule has 1 amide bonds. The zero-order valence-electron chi connectivity index (χ0n) is 14.4. The number of nitrogens with zero attached hydrogens (tertiary/aromatic N) is 1. The van der Waals surface area contributed by atoms with Crippen LogP contribution in [0.3, 0.4) is 0 Å². The Morgan fingerprint density at radius 1 is 1.18 bits per heavy atom. The molecular formula is C18H31N3O. The minimum Gasteiger partial charge on any atom is -0.351 e. The molecule has 124 valence electrons.